The van der Waals surface area contributed by atoms with E-state index in [-0.39, 0.29) is 31.6 Å². The van der Waals surface area contributed by atoms with Crippen molar-refractivity contribution in [2.24, 2.45) is 0 Å². The van der Waals surface area contributed by atoms with E-state index in [0.29, 0.717) is 5.82 Å². The van der Waals surface area contributed by atoms with Gasteiger partial charge in [0.2, 0.25) is 0 Å². The summed E-state index contributed by atoms with van der Waals surface area (Å²) in [6.07, 6.45) is 3.05. The molecule has 0 unspecified atom stereocenters. The van der Waals surface area contributed by atoms with E-state index in [1.54, 1.807) is 0 Å². The van der Waals surface area contributed by atoms with E-state index in [4.69, 9.17) is 5.11 Å². The number of carbonyl (C=O) groups excluding carboxylic acids is 1. The third-order valence-corrected chi connectivity index (χ3v) is 3.81. The fourth-order valence-corrected chi connectivity index (χ4v) is 2.68. The number of rotatable bonds is 2. The van der Waals surface area contributed by atoms with Gasteiger partial charge >= 0.3 is 0 Å². The fourth-order valence-electron chi connectivity index (χ4n) is 2.68. The fraction of sp³-hybridized carbons (Fsp3) is 0.0870. The Morgan fingerprint density at radius 1 is 1.00 bits per heavy atom. The molecule has 0 atom stereocenters. The number of hydrogen-bond donors (Lipinski definition) is 1. The van der Waals surface area contributed by atoms with E-state index in [2.05, 4.69) is 40.3 Å². The standard InChI is InChI=1S/C18H11N2.C5H8O2.Ir/c1-2-6-13(7-3-1)18-19-12-16-10-14-8-4-5-9-15(14)11-17(16)20-18;1-4(6)3-5(2)7;/h1-6,8-12H;3,6H,1-2H3;/q-1;;/b;4-3-;. The van der Waals surface area contributed by atoms with Crippen molar-refractivity contribution in [2.45, 2.75) is 13.8 Å². The summed E-state index contributed by atoms with van der Waals surface area (Å²) < 4.78 is 0. The van der Waals surface area contributed by atoms with Gasteiger partial charge in [-0.25, -0.2) is 0 Å². The van der Waals surface area contributed by atoms with Crippen molar-refractivity contribution in [2.75, 3.05) is 0 Å². The SMILES string of the molecule is CC(=O)/C=C(/C)O.[Ir].[c-]1ccccc1-c1ncc2cc3ccccc3cc2n1. The summed E-state index contributed by atoms with van der Waals surface area (Å²) in [7, 11) is 0. The number of benzene rings is 3. The molecule has 0 aliphatic heterocycles. The predicted octanol–water partition coefficient (Wildman–Crippen LogP) is 5.28. The molecule has 0 amide bonds. The van der Waals surface area contributed by atoms with E-state index in [9.17, 15) is 4.79 Å². The van der Waals surface area contributed by atoms with E-state index < -0.39 is 0 Å². The summed E-state index contributed by atoms with van der Waals surface area (Å²) in [5, 5.41) is 11.8. The van der Waals surface area contributed by atoms with Gasteiger partial charge in [-0.2, -0.15) is 0 Å². The molecule has 1 aromatic heterocycles. The Morgan fingerprint density at radius 3 is 2.25 bits per heavy atom. The van der Waals surface area contributed by atoms with Crippen molar-refractivity contribution in [1.82, 2.24) is 9.97 Å². The summed E-state index contributed by atoms with van der Waals surface area (Å²) in [5.41, 5.74) is 1.88. The van der Waals surface area contributed by atoms with Gasteiger partial charge in [-0.3, -0.25) is 14.8 Å². The Balaban J connectivity index is 0.000000306. The minimum absolute atomic E-state index is 0. The zero-order chi connectivity index (χ0) is 19.2. The van der Waals surface area contributed by atoms with Gasteiger partial charge < -0.3 is 5.11 Å². The number of carbonyl (C=O) groups is 1. The van der Waals surface area contributed by atoms with Crippen LogP contribution in [0.4, 0.5) is 0 Å². The van der Waals surface area contributed by atoms with E-state index in [0.717, 1.165) is 16.5 Å². The van der Waals surface area contributed by atoms with Crippen LogP contribution in [0.1, 0.15) is 13.8 Å². The van der Waals surface area contributed by atoms with Gasteiger partial charge in [-0.1, -0.05) is 24.3 Å². The maximum absolute atomic E-state index is 10.0. The molecule has 1 N–H and O–H groups in total. The molecule has 4 rings (SSSR count). The number of nitrogens with zero attached hydrogens (tertiary/aromatic N) is 2. The zero-order valence-corrected chi connectivity index (χ0v) is 17.9. The summed E-state index contributed by atoms with van der Waals surface area (Å²) in [6, 6.07) is 23.5. The third-order valence-electron chi connectivity index (χ3n) is 3.81. The van der Waals surface area contributed by atoms with Crippen molar-refractivity contribution in [1.29, 1.82) is 0 Å². The Morgan fingerprint density at radius 2 is 1.68 bits per heavy atom. The summed E-state index contributed by atoms with van der Waals surface area (Å²) >= 11 is 0. The second kappa shape index (κ2) is 9.88. The van der Waals surface area contributed by atoms with Crippen LogP contribution in [0.15, 0.2) is 78.7 Å². The van der Waals surface area contributed by atoms with Gasteiger partial charge in [0.15, 0.2) is 5.78 Å². The molecule has 0 aliphatic rings. The molecule has 28 heavy (non-hydrogen) atoms. The Bertz CT molecular complexity index is 1120. The van der Waals surface area contributed by atoms with Crippen molar-refractivity contribution >= 4 is 27.5 Å². The van der Waals surface area contributed by atoms with Crippen LogP contribution in [0.3, 0.4) is 0 Å². The largest absolute Gasteiger partial charge is 0.512 e. The van der Waals surface area contributed by atoms with Gasteiger partial charge in [0.1, 0.15) is 0 Å². The average molecular weight is 548 g/mol. The minimum Gasteiger partial charge on any atom is -0.512 e. The van der Waals surface area contributed by atoms with Crippen LogP contribution >= 0.6 is 0 Å². The first-order valence-corrected chi connectivity index (χ1v) is 8.53. The first kappa shape index (κ1) is 21.4. The van der Waals surface area contributed by atoms with E-state index in [1.165, 1.54) is 30.7 Å². The van der Waals surface area contributed by atoms with Crippen molar-refractivity contribution in [3.63, 3.8) is 0 Å². The monoisotopic (exact) mass is 548 g/mol. The predicted molar refractivity (Wildman–Crippen MR) is 108 cm³/mol. The molecule has 0 fully saturated rings. The molecule has 0 aliphatic carbocycles. The summed E-state index contributed by atoms with van der Waals surface area (Å²) in [4.78, 5) is 19.1. The molecule has 3 aromatic carbocycles. The molecule has 143 valence electrons. The van der Waals surface area contributed by atoms with Crippen LogP contribution < -0.4 is 0 Å². The first-order valence-electron chi connectivity index (χ1n) is 8.53. The number of allylic oxidation sites excluding steroid dienone is 2. The quantitative estimate of drug-likeness (QED) is 0.161. The minimum atomic E-state index is -0.125. The molecule has 0 spiro atoms. The first-order chi connectivity index (χ1) is 13.0. The molecule has 1 heterocycles. The summed E-state index contributed by atoms with van der Waals surface area (Å²) in [5.74, 6) is 0.654. The van der Waals surface area contributed by atoms with Gasteiger partial charge in [-0.15, -0.1) is 35.9 Å². The van der Waals surface area contributed by atoms with Crippen molar-refractivity contribution in [3.8, 4) is 11.4 Å². The topological polar surface area (TPSA) is 63.1 Å². The number of aromatic nitrogens is 2. The van der Waals surface area contributed by atoms with Crippen LogP contribution in [-0.2, 0) is 24.9 Å². The molecule has 4 nitrogen and oxygen atoms in total. The van der Waals surface area contributed by atoms with Gasteiger partial charge in [0.05, 0.1) is 17.1 Å². The molecule has 1 radical (unpaired) electrons. The Labute approximate surface area is 177 Å². The molecule has 0 bridgehead atoms. The summed E-state index contributed by atoms with van der Waals surface area (Å²) in [6.45, 7) is 2.85. The number of ketones is 1. The van der Waals surface area contributed by atoms with E-state index >= 15 is 0 Å². The van der Waals surface area contributed by atoms with Gasteiger partial charge in [0.25, 0.3) is 0 Å². The number of aliphatic hydroxyl groups excluding tert-OH is 1. The van der Waals surface area contributed by atoms with Gasteiger partial charge in [0, 0.05) is 37.8 Å². The molecule has 4 aromatic rings. The maximum atomic E-state index is 10.0. The zero-order valence-electron chi connectivity index (χ0n) is 15.5. The van der Waals surface area contributed by atoms with Gasteiger partial charge in [-0.05, 0) is 36.8 Å². The van der Waals surface area contributed by atoms with Crippen molar-refractivity contribution in [3.05, 3.63) is 84.8 Å². The number of fused-ring (bicyclic) bond motifs is 2. The van der Waals surface area contributed by atoms with Crippen LogP contribution in [-0.4, -0.2) is 20.9 Å². The third kappa shape index (κ3) is 5.56. The smallest absolute Gasteiger partial charge is 0.155 e. The molecular weight excluding hydrogens is 528 g/mol. The Kier molecular flexibility index (Phi) is 7.56. The Hall–Kier alpha value is -2.88. The number of aliphatic hydroxyl groups is 1. The van der Waals surface area contributed by atoms with Crippen LogP contribution in [0.25, 0.3) is 33.1 Å². The van der Waals surface area contributed by atoms with Crippen LogP contribution in [0.5, 0.6) is 0 Å². The van der Waals surface area contributed by atoms with Crippen LogP contribution in [0.2, 0.25) is 0 Å². The van der Waals surface area contributed by atoms with Crippen LogP contribution in [0, 0.1) is 6.07 Å². The second-order valence-electron chi connectivity index (χ2n) is 6.12. The average Bonchev–Trinajstić information content (AvgIpc) is 2.66. The number of hydrogen-bond acceptors (Lipinski definition) is 4. The van der Waals surface area contributed by atoms with E-state index in [1.807, 2.05) is 42.6 Å². The van der Waals surface area contributed by atoms with Crippen molar-refractivity contribution < 1.29 is 30.0 Å². The second-order valence-corrected chi connectivity index (χ2v) is 6.12. The molecule has 0 saturated heterocycles. The maximum Gasteiger partial charge on any atom is 0.155 e. The molecule has 5 heteroatoms. The normalized spacial score (nSPS) is 10.7. The molecule has 0 saturated carbocycles. The molecular formula is C23H19IrN2O2-.